The van der Waals surface area contributed by atoms with Crippen molar-refractivity contribution in [2.45, 2.75) is 51.0 Å². The molecular formula is C15H24N2O2. The monoisotopic (exact) mass is 264 g/mol. The molecule has 1 aromatic rings. The largest absolute Gasteiger partial charge is 0.381 e. The summed E-state index contributed by atoms with van der Waals surface area (Å²) in [6, 6.07) is 6.09. The molecule has 19 heavy (non-hydrogen) atoms. The Balaban J connectivity index is 1.82. The van der Waals surface area contributed by atoms with Crippen molar-refractivity contribution in [3.8, 4) is 0 Å². The van der Waals surface area contributed by atoms with Crippen LogP contribution in [-0.2, 0) is 22.6 Å². The summed E-state index contributed by atoms with van der Waals surface area (Å²) in [5, 5.41) is 3.11. The molecule has 1 aromatic heterocycles. The van der Waals surface area contributed by atoms with E-state index in [4.69, 9.17) is 9.47 Å². The van der Waals surface area contributed by atoms with E-state index < -0.39 is 0 Å². The lowest BCUT2D eigenvalue weighted by Gasteiger charge is -2.28. The predicted octanol–water partition coefficient (Wildman–Crippen LogP) is 2.28. The van der Waals surface area contributed by atoms with Crippen molar-refractivity contribution in [3.63, 3.8) is 0 Å². The first-order valence-corrected chi connectivity index (χ1v) is 7.05. The highest BCUT2D eigenvalue weighted by Crippen LogP contribution is 2.23. The van der Waals surface area contributed by atoms with Gasteiger partial charge in [0.2, 0.25) is 0 Å². The lowest BCUT2D eigenvalue weighted by Crippen LogP contribution is -2.27. The highest BCUT2D eigenvalue weighted by molar-refractivity contribution is 5.10. The van der Waals surface area contributed by atoms with Crippen molar-refractivity contribution in [1.82, 2.24) is 10.3 Å². The Morgan fingerprint density at radius 3 is 2.84 bits per heavy atom. The molecule has 0 saturated heterocycles. The number of aromatic nitrogens is 1. The van der Waals surface area contributed by atoms with E-state index in [0.29, 0.717) is 18.8 Å². The van der Waals surface area contributed by atoms with Crippen LogP contribution in [0.2, 0.25) is 0 Å². The molecule has 2 unspecified atom stereocenters. The van der Waals surface area contributed by atoms with E-state index in [2.05, 4.69) is 10.3 Å². The normalized spacial score (nSPS) is 23.5. The molecule has 4 heteroatoms. The van der Waals surface area contributed by atoms with Crippen LogP contribution >= 0.6 is 0 Å². The maximum atomic E-state index is 5.97. The molecule has 2 atom stereocenters. The summed E-state index contributed by atoms with van der Waals surface area (Å²) in [4.78, 5) is 4.57. The topological polar surface area (TPSA) is 43.4 Å². The van der Waals surface area contributed by atoms with Crippen molar-refractivity contribution in [2.24, 2.45) is 0 Å². The van der Waals surface area contributed by atoms with Gasteiger partial charge in [0, 0.05) is 13.7 Å². The van der Waals surface area contributed by atoms with Crippen LogP contribution in [0.4, 0.5) is 0 Å². The standard InChI is InChI=1S/C15H24N2O2/c1-16-10-12-5-3-6-13(17-12)11-19-15-8-4-7-14(9-15)18-2/h3,5-6,14-16H,4,7-11H2,1-2H3. The van der Waals surface area contributed by atoms with Gasteiger partial charge in [0.05, 0.1) is 30.2 Å². The van der Waals surface area contributed by atoms with Crippen LogP contribution in [0, 0.1) is 0 Å². The first kappa shape index (κ1) is 14.4. The van der Waals surface area contributed by atoms with E-state index in [0.717, 1.165) is 37.2 Å². The molecule has 0 aliphatic heterocycles. The summed E-state index contributed by atoms with van der Waals surface area (Å²) in [7, 11) is 3.72. The smallest absolute Gasteiger partial charge is 0.0891 e. The number of nitrogens with zero attached hydrogens (tertiary/aromatic N) is 1. The molecular weight excluding hydrogens is 240 g/mol. The Bertz CT molecular complexity index is 384. The summed E-state index contributed by atoms with van der Waals surface area (Å²) >= 11 is 0. The molecule has 0 amide bonds. The van der Waals surface area contributed by atoms with E-state index in [1.807, 2.05) is 25.2 Å². The third-order valence-corrected chi connectivity index (χ3v) is 3.60. The Hall–Kier alpha value is -0.970. The van der Waals surface area contributed by atoms with Crippen molar-refractivity contribution in [2.75, 3.05) is 14.2 Å². The van der Waals surface area contributed by atoms with Crippen LogP contribution in [0.1, 0.15) is 37.1 Å². The average Bonchev–Trinajstić information content (AvgIpc) is 2.46. The minimum atomic E-state index is 0.313. The quantitative estimate of drug-likeness (QED) is 0.856. The number of ether oxygens (including phenoxy) is 2. The lowest BCUT2D eigenvalue weighted by molar-refractivity contribution is -0.0372. The van der Waals surface area contributed by atoms with Gasteiger partial charge < -0.3 is 14.8 Å². The highest BCUT2D eigenvalue weighted by atomic mass is 16.5. The van der Waals surface area contributed by atoms with Crippen LogP contribution in [0.5, 0.6) is 0 Å². The molecule has 1 aliphatic carbocycles. The SMILES string of the molecule is CNCc1cccc(COC2CCCC(OC)C2)n1. The number of pyridine rings is 1. The summed E-state index contributed by atoms with van der Waals surface area (Å²) in [6.07, 6.45) is 5.17. The van der Waals surface area contributed by atoms with E-state index in [1.165, 1.54) is 6.42 Å². The number of rotatable bonds is 6. The Kier molecular flexibility index (Phi) is 5.76. The third kappa shape index (κ3) is 4.56. The van der Waals surface area contributed by atoms with Gasteiger partial charge in [-0.2, -0.15) is 0 Å². The van der Waals surface area contributed by atoms with Crippen molar-refractivity contribution >= 4 is 0 Å². The molecule has 0 aromatic carbocycles. The van der Waals surface area contributed by atoms with E-state index in [9.17, 15) is 0 Å². The fourth-order valence-electron chi connectivity index (χ4n) is 2.56. The molecule has 2 rings (SSSR count). The number of hydrogen-bond donors (Lipinski definition) is 1. The van der Waals surface area contributed by atoms with Crippen LogP contribution in [0.25, 0.3) is 0 Å². The van der Waals surface area contributed by atoms with Crippen LogP contribution in [0.3, 0.4) is 0 Å². The molecule has 0 bridgehead atoms. The highest BCUT2D eigenvalue weighted by Gasteiger charge is 2.22. The molecule has 4 nitrogen and oxygen atoms in total. The molecule has 0 spiro atoms. The fraction of sp³-hybridized carbons (Fsp3) is 0.667. The molecule has 1 N–H and O–H groups in total. The second-order valence-corrected chi connectivity index (χ2v) is 5.11. The van der Waals surface area contributed by atoms with E-state index >= 15 is 0 Å². The Morgan fingerprint density at radius 1 is 1.26 bits per heavy atom. The summed E-state index contributed by atoms with van der Waals surface area (Å²) < 4.78 is 11.4. The summed E-state index contributed by atoms with van der Waals surface area (Å²) in [5.41, 5.74) is 2.06. The van der Waals surface area contributed by atoms with Gasteiger partial charge in [-0.3, -0.25) is 4.98 Å². The van der Waals surface area contributed by atoms with Gasteiger partial charge in [0.1, 0.15) is 0 Å². The van der Waals surface area contributed by atoms with Crippen LogP contribution in [-0.4, -0.2) is 31.3 Å². The lowest BCUT2D eigenvalue weighted by atomic mass is 9.95. The first-order chi connectivity index (χ1) is 9.31. The van der Waals surface area contributed by atoms with Gasteiger partial charge in [-0.25, -0.2) is 0 Å². The Morgan fingerprint density at radius 2 is 2.05 bits per heavy atom. The summed E-state index contributed by atoms with van der Waals surface area (Å²) in [6.45, 7) is 1.39. The van der Waals surface area contributed by atoms with Gasteiger partial charge in [0.25, 0.3) is 0 Å². The minimum absolute atomic E-state index is 0.313. The maximum absolute atomic E-state index is 5.97. The molecule has 1 saturated carbocycles. The van der Waals surface area contributed by atoms with Crippen LogP contribution < -0.4 is 5.32 Å². The van der Waals surface area contributed by atoms with Crippen molar-refractivity contribution in [1.29, 1.82) is 0 Å². The minimum Gasteiger partial charge on any atom is -0.381 e. The molecule has 1 heterocycles. The zero-order valence-corrected chi connectivity index (χ0v) is 11.9. The number of methoxy groups -OCH3 is 1. The second-order valence-electron chi connectivity index (χ2n) is 5.11. The van der Waals surface area contributed by atoms with Crippen LogP contribution in [0.15, 0.2) is 18.2 Å². The van der Waals surface area contributed by atoms with Gasteiger partial charge >= 0.3 is 0 Å². The second kappa shape index (κ2) is 7.58. The van der Waals surface area contributed by atoms with Crippen molar-refractivity contribution in [3.05, 3.63) is 29.6 Å². The van der Waals surface area contributed by atoms with E-state index in [1.54, 1.807) is 7.11 Å². The third-order valence-electron chi connectivity index (χ3n) is 3.60. The van der Waals surface area contributed by atoms with Gasteiger partial charge in [-0.05, 0) is 44.9 Å². The predicted molar refractivity (Wildman–Crippen MR) is 74.8 cm³/mol. The van der Waals surface area contributed by atoms with E-state index in [-0.39, 0.29) is 0 Å². The number of nitrogens with one attached hydrogen (secondary N) is 1. The van der Waals surface area contributed by atoms with Crippen molar-refractivity contribution < 1.29 is 9.47 Å². The van der Waals surface area contributed by atoms with Gasteiger partial charge in [-0.1, -0.05) is 6.07 Å². The summed E-state index contributed by atoms with van der Waals surface area (Å²) in [5.74, 6) is 0. The fourth-order valence-corrected chi connectivity index (χ4v) is 2.56. The first-order valence-electron chi connectivity index (χ1n) is 7.05. The Labute approximate surface area is 115 Å². The molecule has 106 valence electrons. The zero-order valence-electron chi connectivity index (χ0n) is 11.9. The average molecular weight is 264 g/mol. The zero-order chi connectivity index (χ0) is 13.5. The molecule has 0 radical (unpaired) electrons. The van der Waals surface area contributed by atoms with Gasteiger partial charge in [-0.15, -0.1) is 0 Å². The van der Waals surface area contributed by atoms with Gasteiger partial charge in [0.15, 0.2) is 0 Å². The maximum Gasteiger partial charge on any atom is 0.0891 e. The number of hydrogen-bond acceptors (Lipinski definition) is 4. The molecule has 1 fully saturated rings. The molecule has 1 aliphatic rings.